The summed E-state index contributed by atoms with van der Waals surface area (Å²) in [5.74, 6) is 0.831. The maximum absolute atomic E-state index is 12.8. The van der Waals surface area contributed by atoms with Crippen LogP contribution < -0.4 is 0 Å². The summed E-state index contributed by atoms with van der Waals surface area (Å²) < 4.78 is 49.5. The van der Waals surface area contributed by atoms with E-state index in [1.165, 1.54) is 6.07 Å². The number of aromatic nitrogens is 1. The highest BCUT2D eigenvalue weighted by Crippen LogP contribution is 2.32. The van der Waals surface area contributed by atoms with Gasteiger partial charge in [0.15, 0.2) is 0 Å². The maximum Gasteiger partial charge on any atom is 0.416 e. The molecule has 1 saturated heterocycles. The average molecular weight is 340 g/mol. The van der Waals surface area contributed by atoms with Crippen LogP contribution in [0, 0.1) is 6.92 Å². The fraction of sp³-hybridized carbons (Fsp3) is 0.471. The van der Waals surface area contributed by atoms with Crippen molar-refractivity contribution >= 4 is 0 Å². The van der Waals surface area contributed by atoms with E-state index in [2.05, 4.69) is 9.88 Å². The molecule has 0 bridgehead atoms. The normalized spacial score (nSPS) is 18.5. The first-order valence-corrected chi connectivity index (χ1v) is 7.76. The van der Waals surface area contributed by atoms with Crippen LogP contribution in [0.5, 0.6) is 0 Å². The van der Waals surface area contributed by atoms with E-state index in [9.17, 15) is 13.2 Å². The summed E-state index contributed by atoms with van der Waals surface area (Å²) in [6.45, 7) is 3.79. The largest absolute Gasteiger partial charge is 0.441 e. The topological polar surface area (TPSA) is 38.5 Å². The van der Waals surface area contributed by atoms with E-state index in [0.29, 0.717) is 30.5 Å². The minimum Gasteiger partial charge on any atom is -0.441 e. The second kappa shape index (κ2) is 6.57. The van der Waals surface area contributed by atoms with Crippen molar-refractivity contribution in [2.75, 3.05) is 20.3 Å². The number of nitrogens with zero attached hydrogens (tertiary/aromatic N) is 2. The van der Waals surface area contributed by atoms with Crippen molar-refractivity contribution in [3.8, 4) is 11.5 Å². The summed E-state index contributed by atoms with van der Waals surface area (Å²) in [5, 5.41) is 0. The zero-order chi connectivity index (χ0) is 17.3. The molecule has 0 saturated carbocycles. The molecule has 2 heterocycles. The van der Waals surface area contributed by atoms with Gasteiger partial charge in [-0.25, -0.2) is 4.98 Å². The first-order chi connectivity index (χ1) is 11.3. The Hall–Kier alpha value is -1.86. The fourth-order valence-corrected chi connectivity index (χ4v) is 2.76. The number of oxazole rings is 1. The highest BCUT2D eigenvalue weighted by Gasteiger charge is 2.31. The van der Waals surface area contributed by atoms with Gasteiger partial charge in [-0.3, -0.25) is 4.90 Å². The van der Waals surface area contributed by atoms with Crippen molar-refractivity contribution in [1.29, 1.82) is 0 Å². The average Bonchev–Trinajstić information content (AvgIpc) is 3.17. The van der Waals surface area contributed by atoms with Gasteiger partial charge in [0.2, 0.25) is 5.89 Å². The third-order valence-corrected chi connectivity index (χ3v) is 4.26. The lowest BCUT2D eigenvalue weighted by Crippen LogP contribution is -2.31. The fourth-order valence-electron chi connectivity index (χ4n) is 2.76. The van der Waals surface area contributed by atoms with Gasteiger partial charge < -0.3 is 9.15 Å². The van der Waals surface area contributed by atoms with Crippen molar-refractivity contribution in [2.24, 2.45) is 0 Å². The monoisotopic (exact) mass is 340 g/mol. The predicted octanol–water partition coefficient (Wildman–Crippen LogP) is 3.89. The number of rotatable bonds is 4. The highest BCUT2D eigenvalue weighted by molar-refractivity contribution is 5.55. The minimum atomic E-state index is -4.39. The Morgan fingerprint density at radius 3 is 2.79 bits per heavy atom. The van der Waals surface area contributed by atoms with Gasteiger partial charge in [0.1, 0.15) is 5.76 Å². The molecule has 7 heteroatoms. The van der Waals surface area contributed by atoms with Crippen molar-refractivity contribution < 1.29 is 22.3 Å². The van der Waals surface area contributed by atoms with Gasteiger partial charge in [-0.05, 0) is 38.6 Å². The molecule has 1 aromatic heterocycles. The van der Waals surface area contributed by atoms with Crippen LogP contribution in [0.2, 0.25) is 0 Å². The van der Waals surface area contributed by atoms with E-state index in [-0.39, 0.29) is 5.89 Å². The first kappa shape index (κ1) is 17.0. The van der Waals surface area contributed by atoms with Gasteiger partial charge in [0, 0.05) is 24.8 Å². The summed E-state index contributed by atoms with van der Waals surface area (Å²) in [6, 6.07) is 5.36. The number of hydrogen-bond donors (Lipinski definition) is 0. The molecule has 4 nitrogen and oxygen atoms in total. The van der Waals surface area contributed by atoms with Gasteiger partial charge in [-0.2, -0.15) is 13.2 Å². The summed E-state index contributed by atoms with van der Waals surface area (Å²) in [4.78, 5) is 6.53. The van der Waals surface area contributed by atoms with E-state index in [4.69, 9.17) is 9.15 Å². The molecule has 0 amide bonds. The Kier molecular flexibility index (Phi) is 4.64. The van der Waals surface area contributed by atoms with Crippen molar-refractivity contribution in [3.05, 3.63) is 41.3 Å². The molecule has 2 aromatic rings. The lowest BCUT2D eigenvalue weighted by Gasteiger charge is -2.21. The highest BCUT2D eigenvalue weighted by atomic mass is 19.4. The van der Waals surface area contributed by atoms with Crippen molar-refractivity contribution in [3.63, 3.8) is 0 Å². The van der Waals surface area contributed by atoms with Gasteiger partial charge in [0.25, 0.3) is 0 Å². The van der Waals surface area contributed by atoms with Gasteiger partial charge in [0.05, 0.1) is 17.9 Å². The molecule has 1 aromatic carbocycles. The van der Waals surface area contributed by atoms with E-state index in [1.54, 1.807) is 13.0 Å². The number of aryl methyl sites for hydroxylation is 1. The third-order valence-electron chi connectivity index (χ3n) is 4.26. The molecule has 1 unspecified atom stereocenters. The summed E-state index contributed by atoms with van der Waals surface area (Å²) >= 11 is 0. The molecule has 0 N–H and O–H groups in total. The number of likely N-dealkylation sites (N-methyl/N-ethyl adjacent to an activating group) is 1. The Labute approximate surface area is 138 Å². The molecule has 1 aliphatic heterocycles. The van der Waals surface area contributed by atoms with E-state index in [0.717, 1.165) is 30.9 Å². The predicted molar refractivity (Wildman–Crippen MR) is 82.4 cm³/mol. The molecular weight excluding hydrogens is 321 g/mol. The molecular formula is C17H19F3N2O2. The zero-order valence-electron chi connectivity index (χ0n) is 13.6. The Morgan fingerprint density at radius 1 is 1.33 bits per heavy atom. The molecule has 0 radical (unpaired) electrons. The summed E-state index contributed by atoms with van der Waals surface area (Å²) in [6.07, 6.45) is -3.42. The van der Waals surface area contributed by atoms with Crippen LogP contribution in [0.1, 0.15) is 23.4 Å². The van der Waals surface area contributed by atoms with Crippen LogP contribution in [0.25, 0.3) is 11.5 Å². The molecule has 1 aliphatic rings. The molecule has 1 atom stereocenters. The van der Waals surface area contributed by atoms with Crippen molar-refractivity contribution in [2.45, 2.75) is 32.1 Å². The van der Waals surface area contributed by atoms with E-state index in [1.807, 2.05) is 7.05 Å². The molecule has 0 spiro atoms. The minimum absolute atomic E-state index is 0.213. The lowest BCUT2D eigenvalue weighted by atomic mass is 10.1. The quantitative estimate of drug-likeness (QED) is 0.846. The number of alkyl halides is 3. The van der Waals surface area contributed by atoms with Crippen LogP contribution in [-0.4, -0.2) is 36.2 Å². The van der Waals surface area contributed by atoms with Gasteiger partial charge >= 0.3 is 6.18 Å². The van der Waals surface area contributed by atoms with Gasteiger partial charge in [-0.15, -0.1) is 0 Å². The van der Waals surface area contributed by atoms with Crippen LogP contribution in [-0.2, 0) is 17.5 Å². The van der Waals surface area contributed by atoms with Gasteiger partial charge in [-0.1, -0.05) is 6.07 Å². The zero-order valence-corrected chi connectivity index (χ0v) is 13.6. The molecule has 130 valence electrons. The maximum atomic E-state index is 12.8. The smallest absolute Gasteiger partial charge is 0.416 e. The molecule has 3 rings (SSSR count). The van der Waals surface area contributed by atoms with Crippen LogP contribution in [0.3, 0.4) is 0 Å². The number of benzene rings is 1. The van der Waals surface area contributed by atoms with E-state index >= 15 is 0 Å². The summed E-state index contributed by atoms with van der Waals surface area (Å²) in [5.41, 5.74) is 0.348. The van der Waals surface area contributed by atoms with E-state index < -0.39 is 11.7 Å². The number of ether oxygens (including phenoxy) is 1. The first-order valence-electron chi connectivity index (χ1n) is 7.76. The molecule has 0 aliphatic carbocycles. The van der Waals surface area contributed by atoms with Crippen molar-refractivity contribution in [1.82, 2.24) is 9.88 Å². The molecule has 1 fully saturated rings. The Balaban J connectivity index is 1.81. The number of hydrogen-bond acceptors (Lipinski definition) is 4. The Morgan fingerprint density at radius 2 is 2.12 bits per heavy atom. The Bertz CT molecular complexity index is 706. The number of halogens is 3. The van der Waals surface area contributed by atoms with Crippen LogP contribution in [0.15, 0.2) is 28.7 Å². The van der Waals surface area contributed by atoms with Crippen LogP contribution >= 0.6 is 0 Å². The lowest BCUT2D eigenvalue weighted by molar-refractivity contribution is -0.137. The van der Waals surface area contributed by atoms with Crippen LogP contribution in [0.4, 0.5) is 13.2 Å². The second-order valence-corrected chi connectivity index (χ2v) is 6.03. The third kappa shape index (κ3) is 3.62. The molecule has 24 heavy (non-hydrogen) atoms. The summed E-state index contributed by atoms with van der Waals surface area (Å²) in [7, 11) is 1.98. The second-order valence-electron chi connectivity index (χ2n) is 6.03. The SMILES string of the molecule is Cc1oc(-c2cccc(C(F)(F)F)c2)nc1CN(C)C1CCOC1. The standard InChI is InChI=1S/C17H19F3N2O2/c1-11-15(9-22(2)14-6-7-23-10-14)21-16(24-11)12-4-3-5-13(8-12)17(18,19)20/h3-5,8,14H,6-7,9-10H2,1-2H3.